The number of hydrogen-bond donors (Lipinski definition) is 2. The van der Waals surface area contributed by atoms with Crippen LogP contribution >= 0.6 is 0 Å². The van der Waals surface area contributed by atoms with Gasteiger partial charge in [0.05, 0.1) is 9.52 Å². The molecule has 0 amide bonds. The van der Waals surface area contributed by atoms with Crippen LogP contribution in [0.5, 0.6) is 0 Å². The third-order valence-electron chi connectivity index (χ3n) is 5.51. The summed E-state index contributed by atoms with van der Waals surface area (Å²) in [6.45, 7) is 1.61. The van der Waals surface area contributed by atoms with E-state index < -0.39 is 35.9 Å². The van der Waals surface area contributed by atoms with Gasteiger partial charge in [0.25, 0.3) is 0 Å². The van der Waals surface area contributed by atoms with Crippen molar-refractivity contribution in [3.63, 3.8) is 0 Å². The van der Waals surface area contributed by atoms with E-state index in [9.17, 15) is 0 Å². The molecule has 0 aromatic heterocycles. The first kappa shape index (κ1) is 33.2. The molecule has 15 heteroatoms. The maximum absolute atomic E-state index is 5.51. The summed E-state index contributed by atoms with van der Waals surface area (Å²) >= 11 is 0. The largest absolute Gasteiger partial charge is 0.528 e. The SMILES string of the molecule is CO[Si](C=C[SiH2]C(NCCC[Si](OC)(OC)OC)NCCC[Si](OC)(OC)OC)(OC)OC. The minimum Gasteiger partial charge on any atom is -0.377 e. The molecule has 0 aliphatic heterocycles. The minimum atomic E-state index is -2.73. The van der Waals surface area contributed by atoms with Crippen LogP contribution in [0, 0.1) is 0 Å². The zero-order valence-electron chi connectivity index (χ0n) is 21.9. The van der Waals surface area contributed by atoms with Crippen molar-refractivity contribution in [3.8, 4) is 0 Å². The number of hydrogen-bond acceptors (Lipinski definition) is 11. The molecule has 11 nitrogen and oxygen atoms in total. The highest BCUT2D eigenvalue weighted by atomic mass is 28.4. The summed E-state index contributed by atoms with van der Waals surface area (Å²) in [6.07, 6.45) is 1.75. The Kier molecular flexibility index (Phi) is 18.5. The molecule has 0 saturated heterocycles. The van der Waals surface area contributed by atoms with E-state index in [1.807, 2.05) is 5.70 Å². The summed E-state index contributed by atoms with van der Waals surface area (Å²) in [5.41, 5.74) is 4.11. The Morgan fingerprint density at radius 3 is 1.27 bits per heavy atom. The van der Waals surface area contributed by atoms with Gasteiger partial charge in [0.15, 0.2) is 0 Å². The Balaban J connectivity index is 4.91. The lowest BCUT2D eigenvalue weighted by atomic mass is 10.4. The molecule has 0 bridgehead atoms. The number of rotatable bonds is 22. The quantitative estimate of drug-likeness (QED) is 0.110. The average Bonchev–Trinajstić information content (AvgIpc) is 2.87. The van der Waals surface area contributed by atoms with Crippen molar-refractivity contribution in [1.29, 1.82) is 0 Å². The van der Waals surface area contributed by atoms with Crippen molar-refractivity contribution in [2.24, 2.45) is 0 Å². The maximum Gasteiger partial charge on any atom is 0.528 e. The van der Waals surface area contributed by atoms with Crippen LogP contribution in [0.2, 0.25) is 12.1 Å². The van der Waals surface area contributed by atoms with Gasteiger partial charge < -0.3 is 50.5 Å². The average molecular weight is 547 g/mol. The molecular weight excluding hydrogens is 501 g/mol. The van der Waals surface area contributed by atoms with E-state index in [0.29, 0.717) is 0 Å². The molecule has 0 unspecified atom stereocenters. The summed E-state index contributed by atoms with van der Waals surface area (Å²) in [6, 6.07) is 1.48. The van der Waals surface area contributed by atoms with E-state index in [4.69, 9.17) is 39.8 Å². The highest BCUT2D eigenvalue weighted by Gasteiger charge is 2.38. The van der Waals surface area contributed by atoms with E-state index in [1.54, 1.807) is 64.0 Å². The lowest BCUT2D eigenvalue weighted by Crippen LogP contribution is -2.49. The molecule has 2 N–H and O–H groups in total. The third-order valence-corrected chi connectivity index (χ3v) is 15.6. The second kappa shape index (κ2) is 18.4. The fourth-order valence-corrected chi connectivity index (χ4v) is 10.4. The predicted octanol–water partition coefficient (Wildman–Crippen LogP) is 0.0854. The van der Waals surface area contributed by atoms with Crippen LogP contribution in [0.3, 0.4) is 0 Å². The van der Waals surface area contributed by atoms with Gasteiger partial charge in [-0.1, -0.05) is 5.70 Å². The smallest absolute Gasteiger partial charge is 0.377 e. The molecule has 33 heavy (non-hydrogen) atoms. The molecule has 0 radical (unpaired) electrons. The minimum absolute atomic E-state index is 0.172. The molecule has 0 aliphatic rings. The Labute approximate surface area is 205 Å². The fourth-order valence-electron chi connectivity index (χ4n) is 3.32. The van der Waals surface area contributed by atoms with Gasteiger partial charge in [0, 0.05) is 81.9 Å². The van der Waals surface area contributed by atoms with Gasteiger partial charge in [-0.05, 0) is 31.6 Å². The first-order chi connectivity index (χ1) is 15.8. The van der Waals surface area contributed by atoms with E-state index in [-0.39, 0.29) is 5.79 Å². The second-order valence-corrected chi connectivity index (χ2v) is 17.8. The molecule has 0 aromatic carbocycles. The van der Waals surface area contributed by atoms with Crippen molar-refractivity contribution in [1.82, 2.24) is 10.6 Å². The van der Waals surface area contributed by atoms with Gasteiger partial charge in [0.2, 0.25) is 0 Å². The van der Waals surface area contributed by atoms with Gasteiger partial charge in [0.1, 0.15) is 0 Å². The van der Waals surface area contributed by atoms with Gasteiger partial charge in [-0.3, -0.25) is 0 Å². The van der Waals surface area contributed by atoms with E-state index in [0.717, 1.165) is 38.0 Å². The van der Waals surface area contributed by atoms with E-state index >= 15 is 0 Å². The van der Waals surface area contributed by atoms with Crippen molar-refractivity contribution in [3.05, 3.63) is 11.4 Å². The van der Waals surface area contributed by atoms with Gasteiger partial charge in [-0.25, -0.2) is 0 Å². The second-order valence-electron chi connectivity index (χ2n) is 7.11. The van der Waals surface area contributed by atoms with Gasteiger partial charge in [-0.15, -0.1) is 0 Å². The molecular formula is C18H46N2O9Si4. The van der Waals surface area contributed by atoms with Crippen LogP contribution in [0.4, 0.5) is 0 Å². The van der Waals surface area contributed by atoms with Crippen molar-refractivity contribution in [2.75, 3.05) is 77.1 Å². The Morgan fingerprint density at radius 2 is 0.970 bits per heavy atom. The molecule has 0 aromatic rings. The summed E-state index contributed by atoms with van der Waals surface area (Å²) < 4.78 is 49.5. The van der Waals surface area contributed by atoms with Crippen LogP contribution in [0.15, 0.2) is 11.4 Å². The molecule has 0 spiro atoms. The zero-order valence-corrected chi connectivity index (χ0v) is 26.3. The van der Waals surface area contributed by atoms with E-state index in [2.05, 4.69) is 16.3 Å². The molecule has 0 fully saturated rings. The first-order valence-electron chi connectivity index (χ1n) is 10.9. The van der Waals surface area contributed by atoms with Crippen LogP contribution in [0.25, 0.3) is 0 Å². The molecule has 0 aliphatic carbocycles. The molecule has 0 heterocycles. The lowest BCUT2D eigenvalue weighted by Gasteiger charge is -2.26. The summed E-state index contributed by atoms with van der Waals surface area (Å²) in [4.78, 5) is 0. The van der Waals surface area contributed by atoms with Crippen molar-refractivity contribution >= 4 is 35.9 Å². The van der Waals surface area contributed by atoms with Crippen LogP contribution in [-0.2, 0) is 39.8 Å². The van der Waals surface area contributed by atoms with E-state index in [1.165, 1.54) is 0 Å². The monoisotopic (exact) mass is 546 g/mol. The van der Waals surface area contributed by atoms with Gasteiger partial charge >= 0.3 is 26.4 Å². The van der Waals surface area contributed by atoms with Crippen LogP contribution in [-0.4, -0.2) is 119 Å². The fraction of sp³-hybridized carbons (Fsp3) is 0.889. The predicted molar refractivity (Wildman–Crippen MR) is 137 cm³/mol. The summed E-state index contributed by atoms with van der Waals surface area (Å²) in [5.74, 6) is 0.172. The Hall–Kier alpha value is 0.168. The molecule has 198 valence electrons. The molecule has 0 rings (SSSR count). The maximum atomic E-state index is 5.51. The molecule has 0 atom stereocenters. The highest BCUT2D eigenvalue weighted by molar-refractivity contribution is 6.67. The van der Waals surface area contributed by atoms with Crippen LogP contribution in [0.1, 0.15) is 12.8 Å². The zero-order chi connectivity index (χ0) is 25.2. The normalized spacial score (nSPS) is 13.9. The van der Waals surface area contributed by atoms with Crippen molar-refractivity contribution < 1.29 is 39.8 Å². The Bertz CT molecular complexity index is 459. The first-order valence-corrected chi connectivity index (χ1v) is 18.2. The summed E-state index contributed by atoms with van der Waals surface area (Å²) in [7, 11) is 6.06. The molecule has 0 saturated carbocycles. The lowest BCUT2D eigenvalue weighted by molar-refractivity contribution is 0.122. The highest BCUT2D eigenvalue weighted by Crippen LogP contribution is 2.15. The summed E-state index contributed by atoms with van der Waals surface area (Å²) in [5, 5.41) is 7.22. The topological polar surface area (TPSA) is 107 Å². The standard InChI is InChI=1S/C18H46N2O9Si4/c1-21-31(22-2,23-3)15-10-12-19-18(30-14-17-33(27-7,28-8)29-9)20-13-11-16-32(24-4,25-5)26-6/h14,17-20H,10-13,15-16,30H2,1-9H3. The van der Waals surface area contributed by atoms with Crippen molar-refractivity contribution in [2.45, 2.75) is 30.7 Å². The third kappa shape index (κ3) is 11.6. The van der Waals surface area contributed by atoms with Crippen LogP contribution < -0.4 is 10.6 Å². The Morgan fingerprint density at radius 1 is 0.606 bits per heavy atom. The van der Waals surface area contributed by atoms with Gasteiger partial charge in [-0.2, -0.15) is 0 Å². The number of nitrogens with one attached hydrogen (secondary N) is 2.